The number of carbonyl (C=O) groups excluding carboxylic acids is 1. The van der Waals surface area contributed by atoms with Gasteiger partial charge in [-0.1, -0.05) is 37.6 Å². The second-order valence-electron chi connectivity index (χ2n) is 11.5. The first kappa shape index (κ1) is 34.5. The highest BCUT2D eigenvalue weighted by atomic mass is 19.4. The standard InChI is InChI=1S/C37H38F3N3O5/c1-3-4-17-47-18-19-48-29-9-5-24(6-10-29)25-7-12-32-27(20-25)21-26(14-16-41-32)36(46)43-28-8-11-30(31(22-28)37(38,39)40)35(45)33-34(44)23(2)13-15-42-33/h5-13,15,20-22,35,41,44-45H,3-4,14,16-19H2,1-2H3,(H,43,46). The first-order chi connectivity index (χ1) is 23.0. The topological polar surface area (TPSA) is 113 Å². The van der Waals surface area contributed by atoms with Crippen LogP contribution in [-0.2, 0) is 15.7 Å². The summed E-state index contributed by atoms with van der Waals surface area (Å²) in [4.78, 5) is 17.3. The number of unbranched alkanes of at least 4 members (excludes halogenated alkanes) is 1. The van der Waals surface area contributed by atoms with Gasteiger partial charge in [0.15, 0.2) is 0 Å². The van der Waals surface area contributed by atoms with E-state index in [1.165, 1.54) is 18.3 Å². The molecule has 8 nitrogen and oxygen atoms in total. The zero-order valence-electron chi connectivity index (χ0n) is 26.7. The summed E-state index contributed by atoms with van der Waals surface area (Å²) in [5.74, 6) is -0.207. The predicted octanol–water partition coefficient (Wildman–Crippen LogP) is 7.90. The molecular weight excluding hydrogens is 623 g/mol. The number of aromatic hydroxyl groups is 1. The lowest BCUT2D eigenvalue weighted by molar-refractivity contribution is -0.139. The average molecular weight is 662 g/mol. The molecule has 1 aliphatic heterocycles. The van der Waals surface area contributed by atoms with E-state index in [4.69, 9.17) is 9.47 Å². The molecule has 1 aliphatic rings. The van der Waals surface area contributed by atoms with Crippen molar-refractivity contribution < 1.29 is 37.7 Å². The summed E-state index contributed by atoms with van der Waals surface area (Å²) >= 11 is 0. The van der Waals surface area contributed by atoms with Crippen LogP contribution in [0.4, 0.5) is 24.5 Å². The molecule has 0 aliphatic carbocycles. The molecule has 2 heterocycles. The smallest absolute Gasteiger partial charge is 0.416 e. The van der Waals surface area contributed by atoms with Crippen LogP contribution in [0.2, 0.25) is 0 Å². The van der Waals surface area contributed by atoms with Crippen LogP contribution < -0.4 is 15.4 Å². The van der Waals surface area contributed by atoms with Crippen LogP contribution in [0.1, 0.15) is 60.2 Å². The SMILES string of the molecule is CCCCOCCOc1ccc(-c2ccc3c(c2)C=C(C(=O)Nc2ccc(C(O)c4nccc(C)c4O)c(C(F)(F)F)c2)CCN3)cc1. The maximum Gasteiger partial charge on any atom is 0.416 e. The summed E-state index contributed by atoms with van der Waals surface area (Å²) in [6.07, 6.45) is -1.22. The van der Waals surface area contributed by atoms with Gasteiger partial charge in [0.05, 0.1) is 12.2 Å². The molecule has 48 heavy (non-hydrogen) atoms. The van der Waals surface area contributed by atoms with Gasteiger partial charge in [-0.05, 0) is 96.1 Å². The van der Waals surface area contributed by atoms with Gasteiger partial charge in [-0.3, -0.25) is 9.78 Å². The van der Waals surface area contributed by atoms with E-state index in [0.29, 0.717) is 37.3 Å². The number of hydrogen-bond acceptors (Lipinski definition) is 7. The Morgan fingerprint density at radius 1 is 1.02 bits per heavy atom. The highest BCUT2D eigenvalue weighted by Crippen LogP contribution is 2.40. The van der Waals surface area contributed by atoms with Crippen molar-refractivity contribution in [3.63, 3.8) is 0 Å². The minimum absolute atomic E-state index is 0.0911. The first-order valence-corrected chi connectivity index (χ1v) is 15.8. The van der Waals surface area contributed by atoms with Crippen molar-refractivity contribution >= 4 is 23.4 Å². The number of hydrogen-bond donors (Lipinski definition) is 4. The average Bonchev–Trinajstić information content (AvgIpc) is 3.29. The molecule has 1 atom stereocenters. The van der Waals surface area contributed by atoms with E-state index in [-0.39, 0.29) is 11.4 Å². The third-order valence-electron chi connectivity index (χ3n) is 8.03. The number of amides is 1. The number of alkyl halides is 3. The van der Waals surface area contributed by atoms with Crippen LogP contribution in [0.15, 0.2) is 78.5 Å². The largest absolute Gasteiger partial charge is 0.506 e. The highest BCUT2D eigenvalue weighted by molar-refractivity contribution is 6.07. The van der Waals surface area contributed by atoms with E-state index in [2.05, 4.69) is 22.5 Å². The molecule has 252 valence electrons. The van der Waals surface area contributed by atoms with Crippen LogP contribution in [0.25, 0.3) is 17.2 Å². The minimum atomic E-state index is -4.86. The quantitative estimate of drug-likeness (QED) is 0.114. The molecule has 0 fully saturated rings. The monoisotopic (exact) mass is 661 g/mol. The van der Waals surface area contributed by atoms with Crippen molar-refractivity contribution in [2.45, 2.75) is 45.4 Å². The number of pyridine rings is 1. The van der Waals surface area contributed by atoms with Crippen molar-refractivity contribution in [2.75, 3.05) is 37.0 Å². The molecule has 0 saturated heterocycles. The Morgan fingerprint density at radius 3 is 2.54 bits per heavy atom. The fourth-order valence-electron chi connectivity index (χ4n) is 5.35. The number of anilines is 2. The van der Waals surface area contributed by atoms with Crippen molar-refractivity contribution in [1.82, 2.24) is 4.98 Å². The molecule has 0 saturated carbocycles. The van der Waals surface area contributed by atoms with Gasteiger partial charge in [-0.15, -0.1) is 0 Å². The lowest BCUT2D eigenvalue weighted by Crippen LogP contribution is -2.18. The minimum Gasteiger partial charge on any atom is -0.506 e. The summed E-state index contributed by atoms with van der Waals surface area (Å²) in [6, 6.07) is 18.1. The predicted molar refractivity (Wildman–Crippen MR) is 179 cm³/mol. The van der Waals surface area contributed by atoms with E-state index in [9.17, 15) is 28.2 Å². The number of carbonyl (C=O) groups is 1. The molecule has 0 bridgehead atoms. The lowest BCUT2D eigenvalue weighted by Gasteiger charge is -2.20. The molecule has 11 heteroatoms. The fourth-order valence-corrected chi connectivity index (χ4v) is 5.35. The van der Waals surface area contributed by atoms with Crippen molar-refractivity contribution in [2.24, 2.45) is 0 Å². The summed E-state index contributed by atoms with van der Waals surface area (Å²) in [7, 11) is 0. The van der Waals surface area contributed by atoms with Crippen LogP contribution in [0, 0.1) is 6.92 Å². The number of rotatable bonds is 12. The maximum atomic E-state index is 14.2. The zero-order chi connectivity index (χ0) is 34.3. The van der Waals surface area contributed by atoms with Gasteiger partial charge in [0.1, 0.15) is 29.9 Å². The Kier molecular flexibility index (Phi) is 11.0. The second kappa shape index (κ2) is 15.4. The van der Waals surface area contributed by atoms with Gasteiger partial charge in [-0.25, -0.2) is 0 Å². The zero-order valence-corrected chi connectivity index (χ0v) is 26.7. The van der Waals surface area contributed by atoms with E-state index in [0.717, 1.165) is 59.7 Å². The molecule has 1 amide bonds. The van der Waals surface area contributed by atoms with Gasteiger partial charge in [0.2, 0.25) is 0 Å². The molecule has 0 spiro atoms. The summed E-state index contributed by atoms with van der Waals surface area (Å²) < 4.78 is 53.8. The molecule has 4 N–H and O–H groups in total. The third kappa shape index (κ3) is 8.34. The van der Waals surface area contributed by atoms with E-state index >= 15 is 0 Å². The number of aliphatic hydroxyl groups is 1. The van der Waals surface area contributed by atoms with Crippen LogP contribution in [-0.4, -0.2) is 47.5 Å². The third-order valence-corrected chi connectivity index (χ3v) is 8.03. The number of fused-ring (bicyclic) bond motifs is 1. The number of ether oxygens (including phenoxy) is 2. The van der Waals surface area contributed by atoms with Gasteiger partial charge >= 0.3 is 6.18 Å². The van der Waals surface area contributed by atoms with Gasteiger partial charge in [-0.2, -0.15) is 13.2 Å². The van der Waals surface area contributed by atoms with E-state index in [1.54, 1.807) is 13.0 Å². The molecule has 0 radical (unpaired) electrons. The maximum absolute atomic E-state index is 14.2. The van der Waals surface area contributed by atoms with Crippen molar-refractivity contribution in [3.8, 4) is 22.6 Å². The number of aliphatic hydroxyl groups excluding tert-OH is 1. The summed E-state index contributed by atoms with van der Waals surface area (Å²) in [5, 5.41) is 27.0. The Morgan fingerprint density at radius 2 is 1.79 bits per heavy atom. The van der Waals surface area contributed by atoms with Crippen molar-refractivity contribution in [3.05, 3.63) is 106 Å². The normalized spacial score (nSPS) is 13.5. The number of aryl methyl sites for hydroxylation is 1. The first-order valence-electron chi connectivity index (χ1n) is 15.8. The fraction of sp³-hybridized carbons (Fsp3) is 0.297. The Balaban J connectivity index is 1.32. The Labute approximate surface area is 277 Å². The lowest BCUT2D eigenvalue weighted by atomic mass is 9.97. The summed E-state index contributed by atoms with van der Waals surface area (Å²) in [6.45, 7) is 5.82. The number of halogens is 3. The molecule has 4 aromatic rings. The van der Waals surface area contributed by atoms with Crippen LogP contribution in [0.3, 0.4) is 0 Å². The van der Waals surface area contributed by atoms with E-state index in [1.807, 2.05) is 42.5 Å². The number of aromatic nitrogens is 1. The Hall–Kier alpha value is -4.87. The number of nitrogens with zero attached hydrogens (tertiary/aromatic N) is 1. The van der Waals surface area contributed by atoms with E-state index < -0.39 is 35.1 Å². The molecule has 3 aromatic carbocycles. The van der Waals surface area contributed by atoms with Crippen LogP contribution >= 0.6 is 0 Å². The Bertz CT molecular complexity index is 1770. The van der Waals surface area contributed by atoms with Gasteiger partial charge < -0.3 is 30.3 Å². The molecule has 5 rings (SSSR count). The highest BCUT2D eigenvalue weighted by Gasteiger charge is 2.36. The molecule has 1 aromatic heterocycles. The summed E-state index contributed by atoms with van der Waals surface area (Å²) in [5.41, 5.74) is 2.17. The van der Waals surface area contributed by atoms with Crippen molar-refractivity contribution in [1.29, 1.82) is 0 Å². The second-order valence-corrected chi connectivity index (χ2v) is 11.5. The molecule has 1 unspecified atom stereocenters. The van der Waals surface area contributed by atoms with Gasteiger partial charge in [0.25, 0.3) is 5.91 Å². The molecular formula is C37H38F3N3O5. The van der Waals surface area contributed by atoms with Gasteiger partial charge in [0, 0.05) is 36.3 Å². The number of nitrogens with one attached hydrogen (secondary N) is 2. The number of benzene rings is 3. The van der Waals surface area contributed by atoms with Crippen LogP contribution in [0.5, 0.6) is 11.5 Å².